The van der Waals surface area contributed by atoms with Gasteiger partial charge in [-0.3, -0.25) is 9.78 Å². The molecule has 0 radical (unpaired) electrons. The number of fused-ring (bicyclic) bond motifs is 1. The fourth-order valence-corrected chi connectivity index (χ4v) is 4.29. The number of carbonyl (C=O) groups is 1. The van der Waals surface area contributed by atoms with Crippen molar-refractivity contribution in [1.29, 1.82) is 0 Å². The molecule has 0 bridgehead atoms. The second kappa shape index (κ2) is 8.82. The molecule has 2 aromatic heterocycles. The summed E-state index contributed by atoms with van der Waals surface area (Å²) >= 11 is 0. The number of hydrogen-bond donors (Lipinski definition) is 2. The molecule has 0 spiro atoms. The van der Waals surface area contributed by atoms with Crippen LogP contribution in [0.4, 0.5) is 11.6 Å². The quantitative estimate of drug-likeness (QED) is 0.606. The van der Waals surface area contributed by atoms with Crippen LogP contribution in [0.25, 0.3) is 22.0 Å². The third kappa shape index (κ3) is 4.72. The van der Waals surface area contributed by atoms with Gasteiger partial charge in [-0.05, 0) is 57.0 Å². The minimum absolute atomic E-state index is 0.0666. The Morgan fingerprint density at radius 3 is 2.56 bits per heavy atom. The van der Waals surface area contributed by atoms with E-state index in [4.69, 9.17) is 4.98 Å². The van der Waals surface area contributed by atoms with Crippen LogP contribution < -0.4 is 10.6 Å². The normalized spacial score (nSPS) is 17.6. The molecule has 3 heterocycles. The lowest BCUT2D eigenvalue weighted by molar-refractivity contribution is -0.117. The van der Waals surface area contributed by atoms with E-state index in [1.807, 2.05) is 18.2 Å². The average molecular weight is 431 g/mol. The Bertz CT molecular complexity index is 1120. The number of aromatic nitrogens is 3. The van der Waals surface area contributed by atoms with Gasteiger partial charge in [0, 0.05) is 48.2 Å². The topological polar surface area (TPSA) is 83.0 Å². The molecule has 2 aliphatic rings. The zero-order valence-corrected chi connectivity index (χ0v) is 18.7. The second-order valence-corrected chi connectivity index (χ2v) is 9.23. The van der Waals surface area contributed by atoms with Crippen LogP contribution in [0.15, 0.2) is 42.9 Å². The van der Waals surface area contributed by atoms with E-state index in [9.17, 15) is 4.79 Å². The summed E-state index contributed by atoms with van der Waals surface area (Å²) in [4.78, 5) is 28.2. The maximum atomic E-state index is 12.1. The maximum absolute atomic E-state index is 12.1. The van der Waals surface area contributed by atoms with Crippen molar-refractivity contribution in [2.45, 2.75) is 51.6 Å². The van der Waals surface area contributed by atoms with E-state index in [0.29, 0.717) is 17.9 Å². The third-order valence-electron chi connectivity index (χ3n) is 6.46. The fourth-order valence-electron chi connectivity index (χ4n) is 4.29. The predicted molar refractivity (Wildman–Crippen MR) is 127 cm³/mol. The number of benzene rings is 1. The number of amides is 1. The van der Waals surface area contributed by atoms with Gasteiger partial charge in [-0.2, -0.15) is 0 Å². The molecule has 2 fully saturated rings. The number of hydrogen-bond acceptors (Lipinski definition) is 6. The molecule has 166 valence electrons. The monoisotopic (exact) mass is 430 g/mol. The first-order valence-electron chi connectivity index (χ1n) is 11.6. The Balaban J connectivity index is 1.31. The van der Waals surface area contributed by atoms with Crippen LogP contribution in [0, 0.1) is 5.92 Å². The second-order valence-electron chi connectivity index (χ2n) is 9.23. The summed E-state index contributed by atoms with van der Waals surface area (Å²) in [6, 6.07) is 9.12. The van der Waals surface area contributed by atoms with Crippen molar-refractivity contribution in [1.82, 2.24) is 19.9 Å². The number of pyridine rings is 1. The summed E-state index contributed by atoms with van der Waals surface area (Å²) in [7, 11) is 0. The van der Waals surface area contributed by atoms with Crippen LogP contribution in [0.1, 0.15) is 39.5 Å². The van der Waals surface area contributed by atoms with E-state index in [2.05, 4.69) is 45.4 Å². The highest BCUT2D eigenvalue weighted by Gasteiger charge is 2.29. The van der Waals surface area contributed by atoms with Crippen LogP contribution in [0.5, 0.6) is 0 Å². The number of carbonyl (C=O) groups excluding carboxylic acids is 1. The molecule has 1 aliphatic carbocycles. The van der Waals surface area contributed by atoms with Gasteiger partial charge < -0.3 is 15.5 Å². The van der Waals surface area contributed by atoms with Gasteiger partial charge in [-0.15, -0.1) is 0 Å². The lowest BCUT2D eigenvalue weighted by Gasteiger charge is -2.35. The molecule has 7 nitrogen and oxygen atoms in total. The first-order valence-corrected chi connectivity index (χ1v) is 11.6. The number of piperidine rings is 1. The molecule has 7 heteroatoms. The van der Waals surface area contributed by atoms with Crippen molar-refractivity contribution in [3.8, 4) is 11.3 Å². The first kappa shape index (κ1) is 20.8. The highest BCUT2D eigenvalue weighted by atomic mass is 16.2. The van der Waals surface area contributed by atoms with Crippen LogP contribution in [0.2, 0.25) is 0 Å². The lowest BCUT2D eigenvalue weighted by atomic mass is 10.0. The molecule has 1 saturated carbocycles. The summed E-state index contributed by atoms with van der Waals surface area (Å²) in [5.74, 6) is 1.64. The number of anilines is 2. The highest BCUT2D eigenvalue weighted by molar-refractivity contribution is 5.95. The number of likely N-dealkylation sites (tertiary alicyclic amines) is 1. The zero-order valence-electron chi connectivity index (χ0n) is 18.7. The zero-order chi connectivity index (χ0) is 22.1. The molecule has 0 unspecified atom stereocenters. The van der Waals surface area contributed by atoms with Gasteiger partial charge in [0.05, 0.1) is 18.1 Å². The van der Waals surface area contributed by atoms with Crippen molar-refractivity contribution in [3.05, 3.63) is 42.9 Å². The molecule has 3 aromatic rings. The van der Waals surface area contributed by atoms with Crippen molar-refractivity contribution in [2.24, 2.45) is 5.92 Å². The summed E-state index contributed by atoms with van der Waals surface area (Å²) in [6.07, 6.45) is 9.58. The average Bonchev–Trinajstić information content (AvgIpc) is 3.65. The van der Waals surface area contributed by atoms with Crippen molar-refractivity contribution in [2.75, 3.05) is 23.7 Å². The Kier molecular flexibility index (Phi) is 5.74. The number of nitrogens with zero attached hydrogens (tertiary/aromatic N) is 4. The van der Waals surface area contributed by atoms with Gasteiger partial charge in [0.2, 0.25) is 5.91 Å². The van der Waals surface area contributed by atoms with E-state index >= 15 is 0 Å². The molecule has 1 aliphatic heterocycles. The van der Waals surface area contributed by atoms with Crippen molar-refractivity contribution < 1.29 is 4.79 Å². The highest BCUT2D eigenvalue weighted by Crippen LogP contribution is 2.30. The van der Waals surface area contributed by atoms with E-state index in [1.165, 1.54) is 0 Å². The minimum atomic E-state index is 0.0666. The molecule has 5 rings (SSSR count). The Hall–Kier alpha value is -3.06. The Labute approximate surface area is 188 Å². The SMILES string of the molecule is CC(C)N1CCC(Nc2cncc(-c3ccc4cnc(NC(=O)C5CC5)cc4c3)n2)CC1. The third-order valence-corrected chi connectivity index (χ3v) is 6.46. The van der Waals surface area contributed by atoms with Crippen LogP contribution in [-0.4, -0.2) is 50.9 Å². The maximum Gasteiger partial charge on any atom is 0.228 e. The lowest BCUT2D eigenvalue weighted by Crippen LogP contribution is -2.42. The van der Waals surface area contributed by atoms with Crippen molar-refractivity contribution >= 4 is 28.3 Å². The standard InChI is InChI=1S/C25H30N6O/c1-16(2)31-9-7-21(8-10-31)28-24-15-26-14-22(29-24)18-5-6-19-13-27-23(12-20(19)11-18)30-25(32)17-3-4-17/h5-6,11-17,21H,3-4,7-10H2,1-2H3,(H,28,29)(H,27,30,32). The molecule has 1 saturated heterocycles. The van der Waals surface area contributed by atoms with E-state index in [1.54, 1.807) is 18.6 Å². The number of nitrogens with one attached hydrogen (secondary N) is 2. The van der Waals surface area contributed by atoms with E-state index in [-0.39, 0.29) is 11.8 Å². The molecular formula is C25H30N6O. The first-order chi connectivity index (χ1) is 15.5. The molecule has 2 N–H and O–H groups in total. The van der Waals surface area contributed by atoms with Gasteiger partial charge in [-0.1, -0.05) is 12.1 Å². The van der Waals surface area contributed by atoms with Gasteiger partial charge in [0.15, 0.2) is 0 Å². The Morgan fingerprint density at radius 1 is 1.00 bits per heavy atom. The summed E-state index contributed by atoms with van der Waals surface area (Å²) in [5.41, 5.74) is 1.82. The van der Waals surface area contributed by atoms with E-state index < -0.39 is 0 Å². The smallest absolute Gasteiger partial charge is 0.228 e. The van der Waals surface area contributed by atoms with Crippen LogP contribution in [-0.2, 0) is 4.79 Å². The van der Waals surface area contributed by atoms with Gasteiger partial charge in [-0.25, -0.2) is 9.97 Å². The van der Waals surface area contributed by atoms with Crippen LogP contribution >= 0.6 is 0 Å². The Morgan fingerprint density at radius 2 is 1.81 bits per heavy atom. The van der Waals surface area contributed by atoms with Crippen molar-refractivity contribution in [3.63, 3.8) is 0 Å². The summed E-state index contributed by atoms with van der Waals surface area (Å²) < 4.78 is 0. The fraction of sp³-hybridized carbons (Fsp3) is 0.440. The summed E-state index contributed by atoms with van der Waals surface area (Å²) in [5, 5.41) is 8.55. The molecule has 1 amide bonds. The van der Waals surface area contributed by atoms with E-state index in [0.717, 1.165) is 66.6 Å². The molecule has 1 aromatic carbocycles. The molecule has 32 heavy (non-hydrogen) atoms. The largest absolute Gasteiger partial charge is 0.366 e. The number of rotatable bonds is 6. The van der Waals surface area contributed by atoms with Gasteiger partial charge in [0.25, 0.3) is 0 Å². The van der Waals surface area contributed by atoms with Crippen LogP contribution in [0.3, 0.4) is 0 Å². The molecule has 0 atom stereocenters. The van der Waals surface area contributed by atoms with Gasteiger partial charge in [0.1, 0.15) is 11.6 Å². The minimum Gasteiger partial charge on any atom is -0.366 e. The molecular weight excluding hydrogens is 400 g/mol. The van der Waals surface area contributed by atoms with Gasteiger partial charge >= 0.3 is 0 Å². The summed E-state index contributed by atoms with van der Waals surface area (Å²) in [6.45, 7) is 6.74. The predicted octanol–water partition coefficient (Wildman–Crippen LogP) is 4.33.